The maximum atomic E-state index is 15.0. The van der Waals surface area contributed by atoms with Crippen molar-refractivity contribution < 1.29 is 9.13 Å². The number of anilines is 3. The van der Waals surface area contributed by atoms with Gasteiger partial charge in [0, 0.05) is 61.8 Å². The first kappa shape index (κ1) is 19.8. The number of hydrogen-bond donors (Lipinski definition) is 1. The Balaban J connectivity index is 1.57. The van der Waals surface area contributed by atoms with Gasteiger partial charge in [-0.25, -0.2) is 14.4 Å². The molecule has 2 saturated heterocycles. The van der Waals surface area contributed by atoms with Crippen LogP contribution in [0.4, 0.5) is 21.7 Å². The standard InChI is InChI=1S/C21H29FN6O/c1-14-12-28(13-15(2)26(14)3)20-9-18(22)17(8-19(20)23)16-10-24-21(25-11-16)27-4-6-29-7-5-27/h8-11,14-15H,4-7,12-13,23H2,1-3H3. The summed E-state index contributed by atoms with van der Waals surface area (Å²) in [4.78, 5) is 15.4. The average molecular weight is 401 g/mol. The molecule has 0 amide bonds. The van der Waals surface area contributed by atoms with Gasteiger partial charge in [-0.1, -0.05) is 0 Å². The third-order valence-corrected chi connectivity index (χ3v) is 6.06. The topological polar surface area (TPSA) is 70.8 Å². The number of nitrogens with zero attached hydrogens (tertiary/aromatic N) is 5. The Morgan fingerprint density at radius 1 is 1.03 bits per heavy atom. The SMILES string of the molecule is CC1CN(c2cc(F)c(-c3cnc(N4CCOCC4)nc3)cc2N)CC(C)N1C. The number of benzene rings is 1. The lowest BCUT2D eigenvalue weighted by atomic mass is 10.0. The number of morpholine rings is 1. The van der Waals surface area contributed by atoms with E-state index in [1.807, 2.05) is 0 Å². The zero-order chi connectivity index (χ0) is 20.5. The van der Waals surface area contributed by atoms with Gasteiger partial charge in [0.05, 0.1) is 24.6 Å². The molecule has 2 fully saturated rings. The minimum Gasteiger partial charge on any atom is -0.397 e. The van der Waals surface area contributed by atoms with Crippen molar-refractivity contribution in [1.29, 1.82) is 0 Å². The van der Waals surface area contributed by atoms with Gasteiger partial charge in [0.25, 0.3) is 0 Å². The summed E-state index contributed by atoms with van der Waals surface area (Å²) in [7, 11) is 2.13. The number of ether oxygens (including phenoxy) is 1. The molecule has 0 aliphatic carbocycles. The van der Waals surface area contributed by atoms with Crippen LogP contribution in [0.1, 0.15) is 13.8 Å². The first-order chi connectivity index (χ1) is 13.9. The molecule has 8 heteroatoms. The predicted octanol–water partition coefficient (Wildman–Crippen LogP) is 2.23. The lowest BCUT2D eigenvalue weighted by Crippen LogP contribution is -2.55. The van der Waals surface area contributed by atoms with Crippen LogP contribution in [-0.2, 0) is 4.74 Å². The van der Waals surface area contributed by atoms with Gasteiger partial charge in [-0.2, -0.15) is 0 Å². The second kappa shape index (κ2) is 8.12. The quantitative estimate of drug-likeness (QED) is 0.792. The minimum atomic E-state index is -0.309. The maximum absolute atomic E-state index is 15.0. The van der Waals surface area contributed by atoms with Gasteiger partial charge in [-0.3, -0.25) is 4.90 Å². The molecule has 7 nitrogen and oxygen atoms in total. The predicted molar refractivity (Wildman–Crippen MR) is 114 cm³/mol. The zero-order valence-electron chi connectivity index (χ0n) is 17.3. The van der Waals surface area contributed by atoms with Crippen molar-refractivity contribution in [3.8, 4) is 11.1 Å². The molecule has 2 unspecified atom stereocenters. The second-order valence-corrected chi connectivity index (χ2v) is 8.03. The van der Waals surface area contributed by atoms with Crippen molar-refractivity contribution in [2.75, 3.05) is 62.0 Å². The highest BCUT2D eigenvalue weighted by molar-refractivity contribution is 5.77. The number of hydrogen-bond acceptors (Lipinski definition) is 7. The van der Waals surface area contributed by atoms with E-state index >= 15 is 4.39 Å². The van der Waals surface area contributed by atoms with Crippen LogP contribution in [0.3, 0.4) is 0 Å². The molecule has 1 aromatic heterocycles. The molecule has 3 heterocycles. The normalized spacial score (nSPS) is 23.4. The summed E-state index contributed by atoms with van der Waals surface area (Å²) in [5.41, 5.74) is 8.72. The van der Waals surface area contributed by atoms with E-state index in [4.69, 9.17) is 10.5 Å². The van der Waals surface area contributed by atoms with E-state index in [0.717, 1.165) is 31.9 Å². The third-order valence-electron chi connectivity index (χ3n) is 6.06. The van der Waals surface area contributed by atoms with E-state index in [-0.39, 0.29) is 5.82 Å². The van der Waals surface area contributed by atoms with Crippen molar-refractivity contribution >= 4 is 17.3 Å². The smallest absolute Gasteiger partial charge is 0.225 e. The van der Waals surface area contributed by atoms with Crippen LogP contribution in [0, 0.1) is 5.82 Å². The first-order valence-corrected chi connectivity index (χ1v) is 10.1. The number of aromatic nitrogens is 2. The molecule has 0 saturated carbocycles. The molecule has 0 bridgehead atoms. The van der Waals surface area contributed by atoms with E-state index in [2.05, 4.69) is 45.6 Å². The Morgan fingerprint density at radius 3 is 2.28 bits per heavy atom. The largest absolute Gasteiger partial charge is 0.397 e. The molecule has 0 spiro atoms. The molecule has 2 aliphatic rings. The van der Waals surface area contributed by atoms with Gasteiger partial charge in [-0.05, 0) is 33.0 Å². The first-order valence-electron chi connectivity index (χ1n) is 10.1. The van der Waals surface area contributed by atoms with E-state index in [9.17, 15) is 0 Å². The van der Waals surface area contributed by atoms with Crippen molar-refractivity contribution in [2.45, 2.75) is 25.9 Å². The number of halogens is 1. The third kappa shape index (κ3) is 4.00. The van der Waals surface area contributed by atoms with Crippen LogP contribution in [0.15, 0.2) is 24.5 Å². The Morgan fingerprint density at radius 2 is 1.66 bits per heavy atom. The van der Waals surface area contributed by atoms with Crippen molar-refractivity contribution in [2.24, 2.45) is 0 Å². The highest BCUT2D eigenvalue weighted by Gasteiger charge is 2.28. The Bertz CT molecular complexity index is 843. The molecule has 1 aromatic carbocycles. The van der Waals surface area contributed by atoms with E-state index in [0.29, 0.717) is 48.1 Å². The van der Waals surface area contributed by atoms with Crippen LogP contribution >= 0.6 is 0 Å². The fourth-order valence-electron chi connectivity index (χ4n) is 4.06. The maximum Gasteiger partial charge on any atom is 0.225 e. The van der Waals surface area contributed by atoms with Crippen LogP contribution in [0.25, 0.3) is 11.1 Å². The molecule has 2 atom stereocenters. The van der Waals surface area contributed by atoms with Crippen LogP contribution in [0.5, 0.6) is 0 Å². The number of rotatable bonds is 3. The molecule has 0 radical (unpaired) electrons. The minimum absolute atomic E-state index is 0.309. The highest BCUT2D eigenvalue weighted by Crippen LogP contribution is 2.33. The summed E-state index contributed by atoms with van der Waals surface area (Å²) >= 11 is 0. The molecule has 156 valence electrons. The molecular weight excluding hydrogens is 371 g/mol. The van der Waals surface area contributed by atoms with Gasteiger partial charge in [0.15, 0.2) is 0 Å². The number of nitrogens with two attached hydrogens (primary N) is 1. The summed E-state index contributed by atoms with van der Waals surface area (Å²) in [6, 6.07) is 4.00. The monoisotopic (exact) mass is 400 g/mol. The molecular formula is C21H29FN6O. The van der Waals surface area contributed by atoms with E-state index < -0.39 is 0 Å². The number of nitrogen functional groups attached to an aromatic ring is 1. The fourth-order valence-corrected chi connectivity index (χ4v) is 4.06. The van der Waals surface area contributed by atoms with Crippen LogP contribution < -0.4 is 15.5 Å². The van der Waals surface area contributed by atoms with Crippen molar-refractivity contribution in [3.63, 3.8) is 0 Å². The fraction of sp³-hybridized carbons (Fsp3) is 0.524. The highest BCUT2D eigenvalue weighted by atomic mass is 19.1. The molecule has 2 aromatic rings. The molecule has 29 heavy (non-hydrogen) atoms. The molecule has 4 rings (SSSR count). The van der Waals surface area contributed by atoms with E-state index in [1.165, 1.54) is 0 Å². The Hall–Kier alpha value is -2.45. The van der Waals surface area contributed by atoms with E-state index in [1.54, 1.807) is 24.5 Å². The second-order valence-electron chi connectivity index (χ2n) is 8.03. The van der Waals surface area contributed by atoms with Crippen LogP contribution in [-0.4, -0.2) is 73.4 Å². The summed E-state index contributed by atoms with van der Waals surface area (Å²) in [5.74, 6) is 0.332. The van der Waals surface area contributed by atoms with Crippen molar-refractivity contribution in [3.05, 3.63) is 30.3 Å². The Labute approximate surface area is 171 Å². The Kier molecular flexibility index (Phi) is 5.56. The lowest BCUT2D eigenvalue weighted by molar-refractivity contribution is 0.122. The van der Waals surface area contributed by atoms with Crippen molar-refractivity contribution in [1.82, 2.24) is 14.9 Å². The summed E-state index contributed by atoms with van der Waals surface area (Å²) in [5, 5.41) is 0. The average Bonchev–Trinajstić information content (AvgIpc) is 2.74. The van der Waals surface area contributed by atoms with Gasteiger partial charge in [0.1, 0.15) is 5.82 Å². The summed E-state index contributed by atoms with van der Waals surface area (Å²) in [6.07, 6.45) is 3.32. The van der Waals surface area contributed by atoms with Gasteiger partial charge >= 0.3 is 0 Å². The number of likely N-dealkylation sites (N-methyl/N-ethyl adjacent to an activating group) is 1. The zero-order valence-corrected chi connectivity index (χ0v) is 17.3. The molecule has 2 aliphatic heterocycles. The number of piperazine rings is 1. The lowest BCUT2D eigenvalue weighted by Gasteiger charge is -2.43. The van der Waals surface area contributed by atoms with Gasteiger partial charge in [-0.15, -0.1) is 0 Å². The van der Waals surface area contributed by atoms with Gasteiger partial charge in [0.2, 0.25) is 5.95 Å². The summed E-state index contributed by atoms with van der Waals surface area (Å²) in [6.45, 7) is 8.85. The van der Waals surface area contributed by atoms with Gasteiger partial charge < -0.3 is 20.3 Å². The molecule has 2 N–H and O–H groups in total. The summed E-state index contributed by atoms with van der Waals surface area (Å²) < 4.78 is 20.4. The van der Waals surface area contributed by atoms with Crippen LogP contribution in [0.2, 0.25) is 0 Å².